The van der Waals surface area contributed by atoms with Crippen molar-refractivity contribution in [3.05, 3.63) is 59.7 Å². The summed E-state index contributed by atoms with van der Waals surface area (Å²) in [5.74, 6) is 0.536. The van der Waals surface area contributed by atoms with E-state index in [-0.39, 0.29) is 24.5 Å². The number of benzene rings is 2. The van der Waals surface area contributed by atoms with Gasteiger partial charge in [-0.15, -0.1) is 0 Å². The summed E-state index contributed by atoms with van der Waals surface area (Å²) in [4.78, 5) is 23.5. The summed E-state index contributed by atoms with van der Waals surface area (Å²) in [7, 11) is 1.58. The summed E-state index contributed by atoms with van der Waals surface area (Å²) in [6.45, 7) is 4.76. The summed E-state index contributed by atoms with van der Waals surface area (Å²) in [5.41, 5.74) is 2.27. The molecule has 0 saturated heterocycles. The summed E-state index contributed by atoms with van der Waals surface area (Å²) < 4.78 is 5.60. The minimum Gasteiger partial charge on any atom is -0.491 e. The second kappa shape index (κ2) is 9.58. The average molecular weight is 355 g/mol. The Bertz CT molecular complexity index is 725. The number of nitrogens with one attached hydrogen (secondary N) is 3. The molecule has 0 atom stereocenters. The highest BCUT2D eigenvalue weighted by atomic mass is 16.5. The van der Waals surface area contributed by atoms with Crippen LogP contribution in [0.25, 0.3) is 0 Å². The Balaban J connectivity index is 1.75. The van der Waals surface area contributed by atoms with Gasteiger partial charge in [-0.25, -0.2) is 0 Å². The maximum absolute atomic E-state index is 12.0. The van der Waals surface area contributed by atoms with Gasteiger partial charge < -0.3 is 20.7 Å². The summed E-state index contributed by atoms with van der Waals surface area (Å²) in [5, 5.41) is 8.45. The minimum atomic E-state index is -0.158. The van der Waals surface area contributed by atoms with Crippen molar-refractivity contribution in [2.75, 3.05) is 18.9 Å². The fourth-order valence-corrected chi connectivity index (χ4v) is 2.33. The van der Waals surface area contributed by atoms with Crippen LogP contribution in [-0.2, 0) is 11.3 Å². The van der Waals surface area contributed by atoms with Crippen LogP contribution in [0.5, 0.6) is 5.75 Å². The summed E-state index contributed by atoms with van der Waals surface area (Å²) >= 11 is 0. The Kier molecular flexibility index (Phi) is 7.17. The first-order valence-electron chi connectivity index (χ1n) is 8.56. The van der Waals surface area contributed by atoms with Crippen LogP contribution in [0.3, 0.4) is 0 Å². The molecule has 2 amide bonds. The molecule has 0 bridgehead atoms. The van der Waals surface area contributed by atoms with E-state index in [1.54, 1.807) is 31.3 Å². The van der Waals surface area contributed by atoms with Crippen molar-refractivity contribution in [3.8, 4) is 5.75 Å². The van der Waals surface area contributed by atoms with Crippen LogP contribution in [0.15, 0.2) is 48.5 Å². The van der Waals surface area contributed by atoms with Crippen molar-refractivity contribution >= 4 is 17.5 Å². The Morgan fingerprint density at radius 3 is 2.23 bits per heavy atom. The monoisotopic (exact) mass is 355 g/mol. The van der Waals surface area contributed by atoms with Gasteiger partial charge in [0.25, 0.3) is 5.91 Å². The lowest BCUT2D eigenvalue weighted by Gasteiger charge is -2.10. The van der Waals surface area contributed by atoms with Crippen molar-refractivity contribution in [2.45, 2.75) is 26.5 Å². The van der Waals surface area contributed by atoms with Crippen molar-refractivity contribution in [3.63, 3.8) is 0 Å². The molecule has 2 rings (SSSR count). The molecule has 6 nitrogen and oxygen atoms in total. The number of anilines is 1. The molecule has 0 fully saturated rings. The van der Waals surface area contributed by atoms with Crippen molar-refractivity contribution in [1.82, 2.24) is 10.6 Å². The van der Waals surface area contributed by atoms with Crippen molar-refractivity contribution in [1.29, 1.82) is 0 Å². The normalized spacial score (nSPS) is 10.5. The van der Waals surface area contributed by atoms with Gasteiger partial charge in [0.1, 0.15) is 5.75 Å². The highest BCUT2D eigenvalue weighted by Crippen LogP contribution is 2.13. The zero-order chi connectivity index (χ0) is 18.9. The van der Waals surface area contributed by atoms with E-state index in [9.17, 15) is 9.59 Å². The second-order valence-electron chi connectivity index (χ2n) is 6.12. The van der Waals surface area contributed by atoms with E-state index in [0.29, 0.717) is 17.8 Å². The fraction of sp³-hybridized carbons (Fsp3) is 0.300. The maximum atomic E-state index is 12.0. The molecule has 138 valence electrons. The van der Waals surface area contributed by atoms with Crippen LogP contribution in [0.4, 0.5) is 5.69 Å². The molecule has 2 aromatic rings. The molecule has 0 heterocycles. The average Bonchev–Trinajstić information content (AvgIpc) is 2.62. The quantitative estimate of drug-likeness (QED) is 0.680. The number of rotatable bonds is 8. The lowest BCUT2D eigenvalue weighted by atomic mass is 10.2. The van der Waals surface area contributed by atoms with E-state index in [4.69, 9.17) is 4.74 Å². The summed E-state index contributed by atoms with van der Waals surface area (Å²) in [6.07, 6.45) is 0.146. The molecule has 6 heteroatoms. The molecule has 26 heavy (non-hydrogen) atoms. The number of hydrogen-bond acceptors (Lipinski definition) is 4. The molecule has 0 unspecified atom stereocenters. The lowest BCUT2D eigenvalue weighted by Crippen LogP contribution is -2.27. The smallest absolute Gasteiger partial charge is 0.251 e. The minimum absolute atomic E-state index is 0.141. The molecule has 0 aliphatic carbocycles. The third kappa shape index (κ3) is 6.22. The van der Waals surface area contributed by atoms with Crippen LogP contribution < -0.4 is 20.7 Å². The molecule has 2 aromatic carbocycles. The van der Waals surface area contributed by atoms with Gasteiger partial charge in [-0.1, -0.05) is 12.1 Å². The third-order valence-corrected chi connectivity index (χ3v) is 3.57. The zero-order valence-electron chi connectivity index (χ0n) is 15.3. The number of ether oxygens (including phenoxy) is 1. The van der Waals surface area contributed by atoms with Gasteiger partial charge in [0.15, 0.2) is 0 Å². The molecular weight excluding hydrogens is 330 g/mol. The van der Waals surface area contributed by atoms with E-state index >= 15 is 0 Å². The van der Waals surface area contributed by atoms with E-state index in [0.717, 1.165) is 11.3 Å². The number of amides is 2. The fourth-order valence-electron chi connectivity index (χ4n) is 2.33. The van der Waals surface area contributed by atoms with Crippen molar-refractivity contribution in [2.24, 2.45) is 0 Å². The van der Waals surface area contributed by atoms with Gasteiger partial charge in [-0.2, -0.15) is 0 Å². The van der Waals surface area contributed by atoms with E-state index in [2.05, 4.69) is 16.0 Å². The number of carbonyl (C=O) groups is 2. The first kappa shape index (κ1) is 19.5. The third-order valence-electron chi connectivity index (χ3n) is 3.57. The van der Waals surface area contributed by atoms with Crippen LogP contribution in [0, 0.1) is 0 Å². The van der Waals surface area contributed by atoms with Crippen molar-refractivity contribution < 1.29 is 14.3 Å². The topological polar surface area (TPSA) is 79.5 Å². The Morgan fingerprint density at radius 2 is 1.65 bits per heavy atom. The van der Waals surface area contributed by atoms with E-state index < -0.39 is 0 Å². The zero-order valence-corrected chi connectivity index (χ0v) is 15.3. The molecule has 0 spiro atoms. The molecule has 0 aliphatic rings. The van der Waals surface area contributed by atoms with Gasteiger partial charge in [-0.05, 0) is 55.8 Å². The lowest BCUT2D eigenvalue weighted by molar-refractivity contribution is -0.115. The first-order valence-corrected chi connectivity index (χ1v) is 8.56. The van der Waals surface area contributed by atoms with E-state index in [1.807, 2.05) is 38.1 Å². The SMILES string of the molecule is CNC(=O)c1ccc(NC(=O)CNCc2ccc(OC(C)C)cc2)cc1. The molecule has 0 aliphatic heterocycles. The highest BCUT2D eigenvalue weighted by molar-refractivity contribution is 5.96. The standard InChI is InChI=1S/C20H25N3O3/c1-14(2)26-18-10-4-15(5-11-18)12-22-13-19(24)23-17-8-6-16(7-9-17)20(25)21-3/h4-11,14,22H,12-13H2,1-3H3,(H,21,25)(H,23,24). The second-order valence-corrected chi connectivity index (χ2v) is 6.12. The maximum Gasteiger partial charge on any atom is 0.251 e. The Hall–Kier alpha value is -2.86. The van der Waals surface area contributed by atoms with Gasteiger partial charge >= 0.3 is 0 Å². The summed E-state index contributed by atoms with van der Waals surface area (Å²) in [6, 6.07) is 14.5. The van der Waals surface area contributed by atoms with Crippen LogP contribution >= 0.6 is 0 Å². The Morgan fingerprint density at radius 1 is 1.00 bits per heavy atom. The van der Waals surface area contributed by atoms with Crippen LogP contribution in [0.2, 0.25) is 0 Å². The van der Waals surface area contributed by atoms with Gasteiger partial charge in [0, 0.05) is 24.8 Å². The van der Waals surface area contributed by atoms with Gasteiger partial charge in [0.05, 0.1) is 12.6 Å². The molecule has 3 N–H and O–H groups in total. The van der Waals surface area contributed by atoms with Gasteiger partial charge in [0.2, 0.25) is 5.91 Å². The molecule has 0 radical (unpaired) electrons. The van der Waals surface area contributed by atoms with Crippen LogP contribution in [-0.4, -0.2) is 31.5 Å². The number of hydrogen-bond donors (Lipinski definition) is 3. The molecule has 0 aromatic heterocycles. The molecular formula is C20H25N3O3. The predicted molar refractivity (Wildman–Crippen MR) is 102 cm³/mol. The van der Waals surface area contributed by atoms with Crippen LogP contribution in [0.1, 0.15) is 29.8 Å². The van der Waals surface area contributed by atoms with E-state index in [1.165, 1.54) is 0 Å². The highest BCUT2D eigenvalue weighted by Gasteiger charge is 2.05. The Labute approximate surface area is 153 Å². The first-order chi connectivity index (χ1) is 12.5. The predicted octanol–water partition coefficient (Wildman–Crippen LogP) is 2.56. The largest absolute Gasteiger partial charge is 0.491 e. The molecule has 0 saturated carbocycles. The number of carbonyl (C=O) groups excluding carboxylic acids is 2. The van der Waals surface area contributed by atoms with Gasteiger partial charge in [-0.3, -0.25) is 9.59 Å².